The van der Waals surface area contributed by atoms with E-state index in [4.69, 9.17) is 4.98 Å². The highest BCUT2D eigenvalue weighted by atomic mass is 16.2. The number of carbonyl (C=O) groups is 1. The zero-order chi connectivity index (χ0) is 21.9. The van der Waals surface area contributed by atoms with E-state index < -0.39 is 0 Å². The second kappa shape index (κ2) is 7.57. The van der Waals surface area contributed by atoms with Crippen LogP contribution in [-0.4, -0.2) is 47.0 Å². The van der Waals surface area contributed by atoms with Crippen molar-refractivity contribution in [3.8, 4) is 11.4 Å². The van der Waals surface area contributed by atoms with Gasteiger partial charge in [0, 0.05) is 43.5 Å². The summed E-state index contributed by atoms with van der Waals surface area (Å²) >= 11 is 0. The average Bonchev–Trinajstić information content (AvgIpc) is 2.77. The molecule has 0 unspecified atom stereocenters. The van der Waals surface area contributed by atoms with Gasteiger partial charge in [0.25, 0.3) is 0 Å². The molecule has 5 fully saturated rings. The molecule has 1 aromatic carbocycles. The maximum atomic E-state index is 13.7. The Balaban J connectivity index is 1.17. The molecule has 5 nitrogen and oxygen atoms in total. The Bertz CT molecular complexity index is 1000. The van der Waals surface area contributed by atoms with E-state index in [-0.39, 0.29) is 5.41 Å². The van der Waals surface area contributed by atoms with Crippen molar-refractivity contribution in [2.45, 2.75) is 52.4 Å². The van der Waals surface area contributed by atoms with Gasteiger partial charge >= 0.3 is 0 Å². The molecule has 5 aliphatic rings. The van der Waals surface area contributed by atoms with Crippen molar-refractivity contribution < 1.29 is 4.79 Å². The van der Waals surface area contributed by atoms with E-state index in [0.29, 0.717) is 5.91 Å². The molecule has 0 N–H and O–H groups in total. The quantitative estimate of drug-likeness (QED) is 0.713. The number of piperazine rings is 1. The lowest BCUT2D eigenvalue weighted by molar-refractivity contribution is -0.158. The first-order valence-corrected chi connectivity index (χ1v) is 12.4. The lowest BCUT2D eigenvalue weighted by Gasteiger charge is -2.57. The smallest absolute Gasteiger partial charge is 0.228 e. The lowest BCUT2D eigenvalue weighted by atomic mass is 9.49. The van der Waals surface area contributed by atoms with Crippen molar-refractivity contribution >= 4 is 11.7 Å². The molecule has 0 radical (unpaired) electrons. The van der Waals surface area contributed by atoms with Gasteiger partial charge in [-0.05, 0) is 76.2 Å². The fraction of sp³-hybridized carbons (Fsp3) is 0.593. The number of carbonyl (C=O) groups excluding carboxylic acids is 1. The van der Waals surface area contributed by atoms with E-state index in [0.717, 1.165) is 86.1 Å². The van der Waals surface area contributed by atoms with Gasteiger partial charge in [-0.25, -0.2) is 9.97 Å². The normalized spacial score (nSPS) is 31.2. The second-order valence-electron chi connectivity index (χ2n) is 11.0. The van der Waals surface area contributed by atoms with Gasteiger partial charge in [-0.15, -0.1) is 0 Å². The number of hydrogen-bond acceptors (Lipinski definition) is 4. The van der Waals surface area contributed by atoms with Crippen LogP contribution in [0.3, 0.4) is 0 Å². The highest BCUT2D eigenvalue weighted by Crippen LogP contribution is 2.60. The van der Waals surface area contributed by atoms with Crippen LogP contribution in [-0.2, 0) is 4.79 Å². The molecule has 0 spiro atoms. The summed E-state index contributed by atoms with van der Waals surface area (Å²) in [6.07, 6.45) is 7.62. The van der Waals surface area contributed by atoms with Crippen molar-refractivity contribution in [1.29, 1.82) is 0 Å². The van der Waals surface area contributed by atoms with E-state index in [1.807, 2.05) is 6.92 Å². The number of aryl methyl sites for hydroxylation is 2. The maximum absolute atomic E-state index is 13.7. The molecular weight excluding hydrogens is 396 g/mol. The van der Waals surface area contributed by atoms with Gasteiger partial charge in [0.05, 0.1) is 5.41 Å². The third-order valence-corrected chi connectivity index (χ3v) is 8.50. The fourth-order valence-corrected chi connectivity index (χ4v) is 7.47. The first-order chi connectivity index (χ1) is 15.5. The fourth-order valence-electron chi connectivity index (χ4n) is 7.47. The Morgan fingerprint density at radius 2 is 1.56 bits per heavy atom. The van der Waals surface area contributed by atoms with Gasteiger partial charge in [0.1, 0.15) is 5.82 Å². The number of aromatic nitrogens is 2. The average molecular weight is 431 g/mol. The van der Waals surface area contributed by atoms with Crippen LogP contribution >= 0.6 is 0 Å². The summed E-state index contributed by atoms with van der Waals surface area (Å²) in [5.74, 6) is 4.68. The van der Waals surface area contributed by atoms with Crippen molar-refractivity contribution in [2.24, 2.45) is 23.2 Å². The highest BCUT2D eigenvalue weighted by Gasteiger charge is 2.55. The number of amides is 1. The molecule has 4 bridgehead atoms. The molecule has 1 saturated heterocycles. The van der Waals surface area contributed by atoms with Crippen LogP contribution in [0.5, 0.6) is 0 Å². The third kappa shape index (κ3) is 3.50. The van der Waals surface area contributed by atoms with Gasteiger partial charge in [-0.1, -0.05) is 23.8 Å². The molecule has 4 saturated carbocycles. The molecule has 7 rings (SSSR count). The molecule has 1 aliphatic heterocycles. The zero-order valence-corrected chi connectivity index (χ0v) is 19.4. The van der Waals surface area contributed by atoms with Crippen LogP contribution in [0.4, 0.5) is 5.82 Å². The number of nitrogens with zero attached hydrogens (tertiary/aromatic N) is 4. The maximum Gasteiger partial charge on any atom is 0.228 e. The van der Waals surface area contributed by atoms with Gasteiger partial charge in [-0.3, -0.25) is 4.79 Å². The minimum atomic E-state index is -0.0270. The highest BCUT2D eigenvalue weighted by molar-refractivity contribution is 5.83. The Morgan fingerprint density at radius 1 is 0.906 bits per heavy atom. The molecule has 168 valence electrons. The van der Waals surface area contributed by atoms with Crippen LogP contribution < -0.4 is 4.90 Å². The number of hydrogen-bond donors (Lipinski definition) is 0. The van der Waals surface area contributed by atoms with Gasteiger partial charge in [0.2, 0.25) is 5.91 Å². The van der Waals surface area contributed by atoms with Crippen LogP contribution in [0, 0.1) is 37.0 Å². The molecule has 32 heavy (non-hydrogen) atoms. The topological polar surface area (TPSA) is 49.3 Å². The zero-order valence-electron chi connectivity index (χ0n) is 19.4. The van der Waals surface area contributed by atoms with E-state index in [9.17, 15) is 4.79 Å². The van der Waals surface area contributed by atoms with Crippen molar-refractivity contribution in [3.05, 3.63) is 41.6 Å². The summed E-state index contributed by atoms with van der Waals surface area (Å²) in [5.41, 5.74) is 3.23. The number of rotatable bonds is 3. The summed E-state index contributed by atoms with van der Waals surface area (Å²) < 4.78 is 0. The minimum absolute atomic E-state index is 0.0270. The molecule has 2 heterocycles. The summed E-state index contributed by atoms with van der Waals surface area (Å²) in [6.45, 7) is 7.45. The molecule has 1 aromatic heterocycles. The number of anilines is 1. The first kappa shape index (κ1) is 20.2. The summed E-state index contributed by atoms with van der Waals surface area (Å²) in [4.78, 5) is 27.8. The lowest BCUT2D eigenvalue weighted by Crippen LogP contribution is -2.58. The van der Waals surface area contributed by atoms with Gasteiger partial charge in [0.15, 0.2) is 5.82 Å². The second-order valence-corrected chi connectivity index (χ2v) is 11.0. The molecule has 1 amide bonds. The Labute approximate surface area is 191 Å². The summed E-state index contributed by atoms with van der Waals surface area (Å²) in [5, 5.41) is 0. The monoisotopic (exact) mass is 430 g/mol. The summed E-state index contributed by atoms with van der Waals surface area (Å²) in [6, 6.07) is 10.5. The standard InChI is InChI=1S/C27H34N4O/c1-18-4-3-5-23(10-18)25-28-19(2)11-24(29-25)30-6-8-31(9-7-30)26(32)27-15-20-12-21(16-27)14-22(13-20)17-27/h3-5,10-11,20-22H,6-9,12-17H2,1-2H3. The summed E-state index contributed by atoms with van der Waals surface area (Å²) in [7, 11) is 0. The Hall–Kier alpha value is -2.43. The van der Waals surface area contributed by atoms with Crippen LogP contribution in [0.2, 0.25) is 0 Å². The molecular formula is C27H34N4O. The van der Waals surface area contributed by atoms with Crippen LogP contribution in [0.15, 0.2) is 30.3 Å². The molecule has 5 heteroatoms. The molecule has 0 atom stereocenters. The van der Waals surface area contributed by atoms with Crippen molar-refractivity contribution in [3.63, 3.8) is 0 Å². The molecule has 2 aromatic rings. The van der Waals surface area contributed by atoms with Crippen LogP contribution in [0.25, 0.3) is 11.4 Å². The largest absolute Gasteiger partial charge is 0.353 e. The van der Waals surface area contributed by atoms with E-state index >= 15 is 0 Å². The van der Waals surface area contributed by atoms with E-state index in [2.05, 4.69) is 52.0 Å². The number of benzene rings is 1. The van der Waals surface area contributed by atoms with E-state index in [1.54, 1.807) is 0 Å². The third-order valence-electron chi connectivity index (χ3n) is 8.50. The van der Waals surface area contributed by atoms with Crippen LogP contribution in [0.1, 0.15) is 49.8 Å². The Kier molecular flexibility index (Phi) is 4.78. The van der Waals surface area contributed by atoms with Crippen molar-refractivity contribution in [1.82, 2.24) is 14.9 Å². The predicted octanol–water partition coefficient (Wildman–Crippen LogP) is 4.63. The van der Waals surface area contributed by atoms with Gasteiger partial charge < -0.3 is 9.80 Å². The molecule has 4 aliphatic carbocycles. The van der Waals surface area contributed by atoms with Crippen molar-refractivity contribution in [2.75, 3.05) is 31.1 Å². The SMILES string of the molecule is Cc1cccc(-c2nc(C)cc(N3CCN(C(=O)C45CC6CC(CC(C6)C4)C5)CC3)n2)c1. The predicted molar refractivity (Wildman–Crippen MR) is 126 cm³/mol. The van der Waals surface area contributed by atoms with Gasteiger partial charge in [-0.2, -0.15) is 0 Å². The Morgan fingerprint density at radius 3 is 2.19 bits per heavy atom. The minimum Gasteiger partial charge on any atom is -0.353 e. The first-order valence-electron chi connectivity index (χ1n) is 12.4. The van der Waals surface area contributed by atoms with E-state index in [1.165, 1.54) is 24.8 Å².